The molecular formula is C17H29NO2. The Balaban J connectivity index is 1.65. The zero-order valence-electron chi connectivity index (χ0n) is 13.0. The normalized spacial score (nSPS) is 39.4. The number of carboxylic acids is 1. The van der Waals surface area contributed by atoms with Crippen LogP contribution in [-0.4, -0.2) is 35.1 Å². The Kier molecular flexibility index (Phi) is 3.83. The van der Waals surface area contributed by atoms with Gasteiger partial charge in [0, 0.05) is 12.6 Å². The molecule has 20 heavy (non-hydrogen) atoms. The van der Waals surface area contributed by atoms with E-state index in [0.717, 1.165) is 31.3 Å². The van der Waals surface area contributed by atoms with Crippen LogP contribution in [0.3, 0.4) is 0 Å². The molecule has 0 amide bonds. The third kappa shape index (κ3) is 2.49. The van der Waals surface area contributed by atoms with Crippen LogP contribution in [0.1, 0.15) is 58.8 Å². The van der Waals surface area contributed by atoms with E-state index >= 15 is 0 Å². The summed E-state index contributed by atoms with van der Waals surface area (Å²) in [7, 11) is 0. The molecular weight excluding hydrogens is 250 g/mol. The Labute approximate surface area is 122 Å². The van der Waals surface area contributed by atoms with E-state index in [1.165, 1.54) is 38.5 Å². The molecule has 0 spiro atoms. The summed E-state index contributed by atoms with van der Waals surface area (Å²) in [6, 6.07) is 0.661. The zero-order valence-corrected chi connectivity index (χ0v) is 13.0. The number of aliphatic carboxylic acids is 1. The first-order valence-corrected chi connectivity index (χ1v) is 8.50. The van der Waals surface area contributed by atoms with Crippen LogP contribution in [0.25, 0.3) is 0 Å². The maximum absolute atomic E-state index is 11.7. The largest absolute Gasteiger partial charge is 0.481 e. The minimum atomic E-state index is -0.579. The van der Waals surface area contributed by atoms with Crippen molar-refractivity contribution in [1.82, 2.24) is 4.90 Å². The predicted molar refractivity (Wildman–Crippen MR) is 79.6 cm³/mol. The Morgan fingerprint density at radius 1 is 1.20 bits per heavy atom. The summed E-state index contributed by atoms with van der Waals surface area (Å²) in [6.07, 6.45) is 9.12. The van der Waals surface area contributed by atoms with Crippen molar-refractivity contribution in [2.75, 3.05) is 13.1 Å². The smallest absolute Gasteiger partial charge is 0.311 e. The molecule has 1 heterocycles. The molecule has 2 aliphatic carbocycles. The second kappa shape index (κ2) is 5.32. The summed E-state index contributed by atoms with van der Waals surface area (Å²) in [5.74, 6) is 1.60. The molecule has 3 unspecified atom stereocenters. The van der Waals surface area contributed by atoms with Crippen LogP contribution in [0, 0.1) is 23.2 Å². The van der Waals surface area contributed by atoms with Crippen molar-refractivity contribution in [2.24, 2.45) is 23.2 Å². The highest BCUT2D eigenvalue weighted by Gasteiger charge is 2.49. The van der Waals surface area contributed by atoms with Crippen LogP contribution in [0.5, 0.6) is 0 Å². The maximum Gasteiger partial charge on any atom is 0.311 e. The van der Waals surface area contributed by atoms with Gasteiger partial charge in [-0.25, -0.2) is 0 Å². The minimum Gasteiger partial charge on any atom is -0.481 e. The van der Waals surface area contributed by atoms with Crippen molar-refractivity contribution < 1.29 is 9.90 Å². The molecule has 3 rings (SSSR count). The van der Waals surface area contributed by atoms with E-state index in [-0.39, 0.29) is 5.92 Å². The van der Waals surface area contributed by atoms with Crippen molar-refractivity contribution >= 4 is 5.97 Å². The van der Waals surface area contributed by atoms with Gasteiger partial charge >= 0.3 is 5.97 Å². The molecule has 0 aromatic heterocycles. The summed E-state index contributed by atoms with van der Waals surface area (Å²) >= 11 is 0. The van der Waals surface area contributed by atoms with Gasteiger partial charge < -0.3 is 5.11 Å². The quantitative estimate of drug-likeness (QED) is 0.857. The van der Waals surface area contributed by atoms with Gasteiger partial charge in [-0.05, 0) is 56.4 Å². The summed E-state index contributed by atoms with van der Waals surface area (Å²) in [5.41, 5.74) is -0.494. The lowest BCUT2D eigenvalue weighted by Gasteiger charge is -2.37. The molecule has 0 bridgehead atoms. The van der Waals surface area contributed by atoms with Crippen molar-refractivity contribution in [2.45, 2.75) is 64.8 Å². The van der Waals surface area contributed by atoms with Crippen molar-refractivity contribution in [3.8, 4) is 0 Å². The van der Waals surface area contributed by atoms with E-state index in [9.17, 15) is 9.90 Å². The second-order valence-corrected chi connectivity index (χ2v) is 7.75. The highest BCUT2D eigenvalue weighted by molar-refractivity contribution is 5.75. The van der Waals surface area contributed by atoms with Crippen molar-refractivity contribution in [1.29, 1.82) is 0 Å². The monoisotopic (exact) mass is 279 g/mol. The SMILES string of the molecule is CC(C)C1(C(=O)O)CCN(C2CCCC(C3CC3)C2)C1. The number of rotatable bonds is 4. The molecule has 3 heteroatoms. The molecule has 3 atom stereocenters. The third-order valence-corrected chi connectivity index (χ3v) is 6.35. The Morgan fingerprint density at radius 3 is 2.50 bits per heavy atom. The molecule has 1 saturated heterocycles. The van der Waals surface area contributed by atoms with Gasteiger partial charge in [0.05, 0.1) is 5.41 Å². The van der Waals surface area contributed by atoms with E-state index in [4.69, 9.17) is 0 Å². The van der Waals surface area contributed by atoms with Gasteiger partial charge in [-0.1, -0.05) is 26.7 Å². The van der Waals surface area contributed by atoms with E-state index in [2.05, 4.69) is 18.7 Å². The lowest BCUT2D eigenvalue weighted by Crippen LogP contribution is -2.43. The Bertz CT molecular complexity index is 377. The van der Waals surface area contributed by atoms with Crippen LogP contribution in [0.15, 0.2) is 0 Å². The van der Waals surface area contributed by atoms with Gasteiger partial charge in [0.1, 0.15) is 0 Å². The van der Waals surface area contributed by atoms with Crippen LogP contribution < -0.4 is 0 Å². The van der Waals surface area contributed by atoms with Crippen molar-refractivity contribution in [3.63, 3.8) is 0 Å². The first-order chi connectivity index (χ1) is 9.53. The Hall–Kier alpha value is -0.570. The summed E-state index contributed by atoms with van der Waals surface area (Å²) < 4.78 is 0. The van der Waals surface area contributed by atoms with Crippen LogP contribution in [-0.2, 0) is 4.79 Å². The molecule has 0 radical (unpaired) electrons. The third-order valence-electron chi connectivity index (χ3n) is 6.35. The number of carbonyl (C=O) groups is 1. The first-order valence-electron chi connectivity index (χ1n) is 8.50. The number of carboxylic acid groups (broad SMARTS) is 1. The van der Waals surface area contributed by atoms with E-state index in [1.54, 1.807) is 0 Å². The van der Waals surface area contributed by atoms with E-state index < -0.39 is 11.4 Å². The zero-order chi connectivity index (χ0) is 14.3. The number of likely N-dealkylation sites (tertiary alicyclic amines) is 1. The van der Waals surface area contributed by atoms with Crippen molar-refractivity contribution in [3.05, 3.63) is 0 Å². The van der Waals surface area contributed by atoms with Gasteiger partial charge in [0.2, 0.25) is 0 Å². The van der Waals surface area contributed by atoms with Gasteiger partial charge in [-0.2, -0.15) is 0 Å². The van der Waals surface area contributed by atoms with Gasteiger partial charge in [0.15, 0.2) is 0 Å². The lowest BCUT2D eigenvalue weighted by molar-refractivity contribution is -0.151. The highest BCUT2D eigenvalue weighted by Crippen LogP contribution is 2.46. The fourth-order valence-electron chi connectivity index (χ4n) is 4.60. The van der Waals surface area contributed by atoms with Gasteiger partial charge in [0.25, 0.3) is 0 Å². The minimum absolute atomic E-state index is 0.229. The summed E-state index contributed by atoms with van der Waals surface area (Å²) in [6.45, 7) is 5.92. The maximum atomic E-state index is 11.7. The summed E-state index contributed by atoms with van der Waals surface area (Å²) in [5, 5.41) is 9.67. The highest BCUT2D eigenvalue weighted by atomic mass is 16.4. The van der Waals surface area contributed by atoms with Gasteiger partial charge in [-0.3, -0.25) is 9.69 Å². The molecule has 0 aromatic rings. The Morgan fingerprint density at radius 2 is 1.95 bits per heavy atom. The molecule has 3 fully saturated rings. The van der Waals surface area contributed by atoms with Gasteiger partial charge in [-0.15, -0.1) is 0 Å². The lowest BCUT2D eigenvalue weighted by atomic mass is 9.76. The average Bonchev–Trinajstić information content (AvgIpc) is 3.16. The fourth-order valence-corrected chi connectivity index (χ4v) is 4.60. The van der Waals surface area contributed by atoms with E-state index in [0.29, 0.717) is 6.04 Å². The standard InChI is InChI=1S/C17H29NO2/c1-12(2)17(16(19)20)8-9-18(11-17)15-5-3-4-14(10-15)13-6-7-13/h12-15H,3-11H2,1-2H3,(H,19,20). The molecule has 3 aliphatic rings. The second-order valence-electron chi connectivity index (χ2n) is 7.75. The van der Waals surface area contributed by atoms with Crippen LogP contribution in [0.2, 0.25) is 0 Å². The van der Waals surface area contributed by atoms with Crippen LogP contribution >= 0.6 is 0 Å². The molecule has 1 N–H and O–H groups in total. The van der Waals surface area contributed by atoms with E-state index in [1.807, 2.05) is 0 Å². The number of hydrogen-bond acceptors (Lipinski definition) is 2. The molecule has 2 saturated carbocycles. The fraction of sp³-hybridized carbons (Fsp3) is 0.941. The number of nitrogens with zero attached hydrogens (tertiary/aromatic N) is 1. The summed E-state index contributed by atoms with van der Waals surface area (Å²) in [4.78, 5) is 14.3. The topological polar surface area (TPSA) is 40.5 Å². The number of hydrogen-bond donors (Lipinski definition) is 1. The molecule has 3 nitrogen and oxygen atoms in total. The predicted octanol–water partition coefficient (Wildman–Crippen LogP) is 3.39. The average molecular weight is 279 g/mol. The molecule has 0 aromatic carbocycles. The first kappa shape index (κ1) is 14.4. The molecule has 114 valence electrons. The molecule has 1 aliphatic heterocycles. The van der Waals surface area contributed by atoms with Crippen LogP contribution in [0.4, 0.5) is 0 Å².